The molecule has 31 heavy (non-hydrogen) atoms. The van der Waals surface area contributed by atoms with Crippen molar-refractivity contribution in [1.29, 1.82) is 0 Å². The second-order valence-electron chi connectivity index (χ2n) is 7.67. The van der Waals surface area contributed by atoms with Gasteiger partial charge in [-0.2, -0.15) is 5.10 Å². The highest BCUT2D eigenvalue weighted by molar-refractivity contribution is 7.20. The van der Waals surface area contributed by atoms with Gasteiger partial charge in [0.1, 0.15) is 10.6 Å². The molecule has 0 bridgehead atoms. The molecule has 0 spiro atoms. The van der Waals surface area contributed by atoms with Gasteiger partial charge in [0.15, 0.2) is 0 Å². The number of hydrogen-bond acceptors (Lipinski definition) is 5. The fraction of sp³-hybridized carbons (Fsp3) is 0.261. The molecular formula is C23H22ClN5OS. The van der Waals surface area contributed by atoms with E-state index in [-0.39, 0.29) is 5.91 Å². The molecule has 1 amide bonds. The average molecular weight is 452 g/mol. The third-order valence-electron chi connectivity index (χ3n) is 5.60. The zero-order valence-corrected chi connectivity index (χ0v) is 18.7. The van der Waals surface area contributed by atoms with Gasteiger partial charge in [0.2, 0.25) is 0 Å². The van der Waals surface area contributed by atoms with Crippen LogP contribution in [-0.4, -0.2) is 51.8 Å². The highest BCUT2D eigenvalue weighted by Gasteiger charge is 2.25. The first-order valence-electron chi connectivity index (χ1n) is 10.2. The van der Waals surface area contributed by atoms with Crippen molar-refractivity contribution in [1.82, 2.24) is 19.7 Å². The van der Waals surface area contributed by atoms with Crippen LogP contribution in [0.15, 0.2) is 54.7 Å². The van der Waals surface area contributed by atoms with Crippen molar-refractivity contribution in [3.8, 4) is 0 Å². The molecule has 3 aromatic heterocycles. The summed E-state index contributed by atoms with van der Waals surface area (Å²) in [6, 6.07) is 15.7. The molecule has 1 saturated heterocycles. The minimum atomic E-state index is 0.0966. The van der Waals surface area contributed by atoms with Crippen LogP contribution in [0.2, 0.25) is 5.02 Å². The standard InChI is InChI=1S/C23H22ClN5OS/c1-16-19-14-20(31-23(19)29(26-16)15-17-5-7-18(24)8-6-17)22(30)28-12-10-27(11-13-28)21-4-2-3-9-25-21/h2-9,14H,10-13,15H2,1H3. The Bertz CT molecular complexity index is 1210. The fourth-order valence-electron chi connectivity index (χ4n) is 3.92. The van der Waals surface area contributed by atoms with E-state index < -0.39 is 0 Å². The number of fused-ring (bicyclic) bond motifs is 1. The van der Waals surface area contributed by atoms with Gasteiger partial charge in [-0.3, -0.25) is 9.48 Å². The molecule has 1 aromatic carbocycles. The maximum atomic E-state index is 13.2. The van der Waals surface area contributed by atoms with Gasteiger partial charge in [-0.15, -0.1) is 11.3 Å². The molecule has 5 rings (SSSR count). The minimum absolute atomic E-state index is 0.0966. The molecule has 4 heterocycles. The summed E-state index contributed by atoms with van der Waals surface area (Å²) >= 11 is 7.52. The average Bonchev–Trinajstić information content (AvgIpc) is 3.37. The van der Waals surface area contributed by atoms with Crippen LogP contribution in [0.1, 0.15) is 20.9 Å². The predicted octanol–water partition coefficient (Wildman–Crippen LogP) is 4.47. The Morgan fingerprint density at radius 3 is 2.58 bits per heavy atom. The molecule has 158 valence electrons. The van der Waals surface area contributed by atoms with Crippen LogP contribution >= 0.6 is 22.9 Å². The maximum absolute atomic E-state index is 13.2. The van der Waals surface area contributed by atoms with E-state index in [9.17, 15) is 4.79 Å². The summed E-state index contributed by atoms with van der Waals surface area (Å²) in [5, 5.41) is 6.45. The van der Waals surface area contributed by atoms with Crippen LogP contribution in [0.25, 0.3) is 10.2 Å². The summed E-state index contributed by atoms with van der Waals surface area (Å²) in [6.45, 7) is 5.61. The van der Waals surface area contributed by atoms with Gasteiger partial charge >= 0.3 is 0 Å². The molecule has 8 heteroatoms. The quantitative estimate of drug-likeness (QED) is 0.459. The van der Waals surface area contributed by atoms with Crippen molar-refractivity contribution in [2.45, 2.75) is 13.5 Å². The van der Waals surface area contributed by atoms with E-state index in [1.54, 1.807) is 6.20 Å². The number of thiophene rings is 1. The summed E-state index contributed by atoms with van der Waals surface area (Å²) in [5.41, 5.74) is 2.07. The summed E-state index contributed by atoms with van der Waals surface area (Å²) in [5.74, 6) is 1.06. The smallest absolute Gasteiger partial charge is 0.264 e. The third kappa shape index (κ3) is 4.03. The Morgan fingerprint density at radius 2 is 1.87 bits per heavy atom. The van der Waals surface area contributed by atoms with Gasteiger partial charge in [0.05, 0.1) is 17.1 Å². The molecule has 1 fully saturated rings. The Kier molecular flexibility index (Phi) is 5.38. The Morgan fingerprint density at radius 1 is 1.10 bits per heavy atom. The van der Waals surface area contributed by atoms with Crippen LogP contribution in [0, 0.1) is 6.92 Å². The second kappa shape index (κ2) is 8.32. The number of rotatable bonds is 4. The van der Waals surface area contributed by atoms with E-state index in [4.69, 9.17) is 11.6 Å². The number of piperazine rings is 1. The summed E-state index contributed by atoms with van der Waals surface area (Å²) in [6.07, 6.45) is 1.81. The van der Waals surface area contributed by atoms with Crippen molar-refractivity contribution >= 4 is 44.9 Å². The number of aromatic nitrogens is 3. The topological polar surface area (TPSA) is 54.3 Å². The Balaban J connectivity index is 1.32. The fourth-order valence-corrected chi connectivity index (χ4v) is 5.18. The van der Waals surface area contributed by atoms with Crippen molar-refractivity contribution < 1.29 is 4.79 Å². The van der Waals surface area contributed by atoms with Gasteiger partial charge in [-0.05, 0) is 42.8 Å². The highest BCUT2D eigenvalue weighted by atomic mass is 35.5. The molecule has 1 aliphatic heterocycles. The normalized spacial score (nSPS) is 14.4. The maximum Gasteiger partial charge on any atom is 0.264 e. The van der Waals surface area contributed by atoms with Gasteiger partial charge < -0.3 is 9.80 Å². The van der Waals surface area contributed by atoms with Crippen molar-refractivity contribution in [3.63, 3.8) is 0 Å². The third-order valence-corrected chi connectivity index (χ3v) is 6.99. The number of hydrogen-bond donors (Lipinski definition) is 0. The molecular weight excluding hydrogens is 430 g/mol. The first-order valence-corrected chi connectivity index (χ1v) is 11.4. The number of pyridine rings is 1. The van der Waals surface area contributed by atoms with Crippen LogP contribution in [-0.2, 0) is 6.54 Å². The molecule has 6 nitrogen and oxygen atoms in total. The van der Waals surface area contributed by atoms with E-state index in [1.165, 1.54) is 11.3 Å². The molecule has 0 N–H and O–H groups in total. The monoisotopic (exact) mass is 451 g/mol. The van der Waals surface area contributed by atoms with Crippen molar-refractivity contribution in [2.24, 2.45) is 0 Å². The lowest BCUT2D eigenvalue weighted by molar-refractivity contribution is 0.0751. The summed E-state index contributed by atoms with van der Waals surface area (Å²) < 4.78 is 1.98. The molecule has 0 aliphatic carbocycles. The van der Waals surface area contributed by atoms with E-state index >= 15 is 0 Å². The highest BCUT2D eigenvalue weighted by Crippen LogP contribution is 2.30. The molecule has 0 atom stereocenters. The number of benzene rings is 1. The van der Waals surface area contributed by atoms with E-state index in [0.717, 1.165) is 50.3 Å². The lowest BCUT2D eigenvalue weighted by Crippen LogP contribution is -2.48. The zero-order chi connectivity index (χ0) is 21.4. The summed E-state index contributed by atoms with van der Waals surface area (Å²) in [7, 11) is 0. The van der Waals surface area contributed by atoms with Crippen LogP contribution < -0.4 is 4.90 Å². The molecule has 0 unspecified atom stereocenters. The van der Waals surface area contributed by atoms with E-state index in [0.29, 0.717) is 19.6 Å². The van der Waals surface area contributed by atoms with Crippen LogP contribution in [0.5, 0.6) is 0 Å². The number of halogens is 1. The van der Waals surface area contributed by atoms with Crippen molar-refractivity contribution in [2.75, 3.05) is 31.1 Å². The second-order valence-corrected chi connectivity index (χ2v) is 9.13. The number of nitrogens with zero attached hydrogens (tertiary/aromatic N) is 5. The Hall–Kier alpha value is -2.90. The van der Waals surface area contributed by atoms with Gasteiger partial charge in [0, 0.05) is 42.8 Å². The van der Waals surface area contributed by atoms with Gasteiger partial charge in [0.25, 0.3) is 5.91 Å². The van der Waals surface area contributed by atoms with E-state index in [2.05, 4.69) is 15.0 Å². The zero-order valence-electron chi connectivity index (χ0n) is 17.2. The van der Waals surface area contributed by atoms with Crippen molar-refractivity contribution in [3.05, 3.63) is 75.9 Å². The molecule has 4 aromatic rings. The first-order chi connectivity index (χ1) is 15.1. The molecule has 0 radical (unpaired) electrons. The van der Waals surface area contributed by atoms with E-state index in [1.807, 2.05) is 65.0 Å². The van der Waals surface area contributed by atoms with Gasteiger partial charge in [-0.1, -0.05) is 29.8 Å². The summed E-state index contributed by atoms with van der Waals surface area (Å²) in [4.78, 5) is 23.6. The number of aryl methyl sites for hydroxylation is 1. The Labute approximate surface area is 189 Å². The number of carbonyl (C=O) groups excluding carboxylic acids is 1. The number of amides is 1. The van der Waals surface area contributed by atoms with Crippen LogP contribution in [0.3, 0.4) is 0 Å². The predicted molar refractivity (Wildman–Crippen MR) is 125 cm³/mol. The largest absolute Gasteiger partial charge is 0.353 e. The number of carbonyl (C=O) groups is 1. The molecule has 1 aliphatic rings. The first kappa shape index (κ1) is 20.0. The van der Waals surface area contributed by atoms with Crippen LogP contribution in [0.4, 0.5) is 5.82 Å². The van der Waals surface area contributed by atoms with Gasteiger partial charge in [-0.25, -0.2) is 4.98 Å². The minimum Gasteiger partial charge on any atom is -0.353 e. The molecule has 0 saturated carbocycles. The number of anilines is 1. The lowest BCUT2D eigenvalue weighted by atomic mass is 10.2. The lowest BCUT2D eigenvalue weighted by Gasteiger charge is -2.35. The SMILES string of the molecule is Cc1nn(Cc2ccc(Cl)cc2)c2sc(C(=O)N3CCN(c4ccccn4)CC3)cc12.